The highest BCUT2D eigenvalue weighted by Crippen LogP contribution is 2.26. The topological polar surface area (TPSA) is 54.5 Å². The fourth-order valence-corrected chi connectivity index (χ4v) is 2.23. The molecular formula is C18H22ClN3O2. The smallest absolute Gasteiger partial charge is 0.261 e. The first kappa shape index (κ1) is 18.1. The van der Waals surface area contributed by atoms with E-state index in [1.807, 2.05) is 50.2 Å². The van der Waals surface area contributed by atoms with Gasteiger partial charge in [-0.1, -0.05) is 23.7 Å². The van der Waals surface area contributed by atoms with Gasteiger partial charge in [0, 0.05) is 26.8 Å². The summed E-state index contributed by atoms with van der Waals surface area (Å²) >= 11 is 6.09. The summed E-state index contributed by atoms with van der Waals surface area (Å²) in [6.45, 7) is 4.04. The second-order valence-corrected chi connectivity index (χ2v) is 6.24. The lowest BCUT2D eigenvalue weighted by molar-refractivity contribution is -0.127. The molecule has 24 heavy (non-hydrogen) atoms. The number of amides is 1. The van der Waals surface area contributed by atoms with Crippen LogP contribution in [0.4, 0.5) is 5.82 Å². The van der Waals surface area contributed by atoms with Crippen molar-refractivity contribution < 1.29 is 9.53 Å². The van der Waals surface area contributed by atoms with Crippen LogP contribution >= 0.6 is 11.6 Å². The predicted molar refractivity (Wildman–Crippen MR) is 96.7 cm³/mol. The molecule has 1 amide bonds. The Morgan fingerprint density at radius 2 is 2.08 bits per heavy atom. The Kier molecular flexibility index (Phi) is 6.04. The highest BCUT2D eigenvalue weighted by Gasteiger charge is 2.16. The first-order chi connectivity index (χ1) is 11.4. The van der Waals surface area contributed by atoms with Gasteiger partial charge < -0.3 is 15.0 Å². The SMILES string of the molecule is Cc1ccc(Cl)c(O[C@H](C)C(=O)NCc2ccc(N(C)C)nc2)c1. The van der Waals surface area contributed by atoms with Crippen LogP contribution in [0, 0.1) is 6.92 Å². The highest BCUT2D eigenvalue weighted by molar-refractivity contribution is 6.32. The molecule has 1 atom stereocenters. The number of aryl methyl sites for hydroxylation is 1. The Morgan fingerprint density at radius 1 is 1.33 bits per heavy atom. The summed E-state index contributed by atoms with van der Waals surface area (Å²) in [7, 11) is 3.86. The normalized spacial score (nSPS) is 11.7. The van der Waals surface area contributed by atoms with Gasteiger partial charge in [-0.3, -0.25) is 4.79 Å². The molecule has 0 radical (unpaired) electrons. The van der Waals surface area contributed by atoms with Crippen LogP contribution < -0.4 is 15.0 Å². The van der Waals surface area contributed by atoms with Gasteiger partial charge in [-0.15, -0.1) is 0 Å². The lowest BCUT2D eigenvalue weighted by atomic mass is 10.2. The number of hydrogen-bond acceptors (Lipinski definition) is 4. The summed E-state index contributed by atoms with van der Waals surface area (Å²) in [5.74, 6) is 1.18. The molecule has 128 valence electrons. The number of aromatic nitrogens is 1. The van der Waals surface area contributed by atoms with Gasteiger partial charge in [0.15, 0.2) is 6.10 Å². The molecule has 0 aliphatic heterocycles. The van der Waals surface area contributed by atoms with Gasteiger partial charge in [0.25, 0.3) is 5.91 Å². The fraction of sp³-hybridized carbons (Fsp3) is 0.333. The van der Waals surface area contributed by atoms with E-state index in [0.29, 0.717) is 17.3 Å². The van der Waals surface area contributed by atoms with E-state index in [1.54, 1.807) is 19.2 Å². The molecule has 0 fully saturated rings. The Hall–Kier alpha value is -2.27. The lowest BCUT2D eigenvalue weighted by Crippen LogP contribution is -2.36. The van der Waals surface area contributed by atoms with Crippen molar-refractivity contribution in [2.24, 2.45) is 0 Å². The standard InChI is InChI=1S/C18H22ClN3O2/c1-12-5-7-15(19)16(9-12)24-13(2)18(23)21-11-14-6-8-17(20-10-14)22(3)4/h5-10,13H,11H2,1-4H3,(H,21,23)/t13-/m1/s1. The Morgan fingerprint density at radius 3 is 2.71 bits per heavy atom. The zero-order chi connectivity index (χ0) is 17.7. The summed E-state index contributed by atoms with van der Waals surface area (Å²) in [5.41, 5.74) is 1.95. The van der Waals surface area contributed by atoms with Gasteiger partial charge in [0.1, 0.15) is 11.6 Å². The Balaban J connectivity index is 1.90. The fourth-order valence-electron chi connectivity index (χ4n) is 2.06. The summed E-state index contributed by atoms with van der Waals surface area (Å²) in [6.07, 6.45) is 1.11. The third kappa shape index (κ3) is 4.86. The molecule has 6 heteroatoms. The van der Waals surface area contributed by atoms with E-state index in [2.05, 4.69) is 10.3 Å². The van der Waals surface area contributed by atoms with E-state index >= 15 is 0 Å². The zero-order valence-corrected chi connectivity index (χ0v) is 15.1. The Bertz CT molecular complexity index is 702. The van der Waals surface area contributed by atoms with E-state index in [0.717, 1.165) is 16.9 Å². The minimum atomic E-state index is -0.640. The van der Waals surface area contributed by atoms with Crippen LogP contribution in [0.2, 0.25) is 5.02 Å². The average Bonchev–Trinajstić information content (AvgIpc) is 2.56. The van der Waals surface area contributed by atoms with Crippen LogP contribution in [0.1, 0.15) is 18.1 Å². The number of pyridine rings is 1. The van der Waals surface area contributed by atoms with E-state index in [9.17, 15) is 4.79 Å². The van der Waals surface area contributed by atoms with Gasteiger partial charge in [-0.05, 0) is 43.2 Å². The van der Waals surface area contributed by atoms with Gasteiger partial charge in [-0.2, -0.15) is 0 Å². The van der Waals surface area contributed by atoms with Crippen molar-refractivity contribution in [3.63, 3.8) is 0 Å². The molecule has 0 aliphatic carbocycles. The monoisotopic (exact) mass is 347 g/mol. The second kappa shape index (κ2) is 8.02. The van der Waals surface area contributed by atoms with E-state index < -0.39 is 6.10 Å². The number of ether oxygens (including phenoxy) is 1. The number of hydrogen-bond donors (Lipinski definition) is 1. The number of nitrogens with one attached hydrogen (secondary N) is 1. The maximum Gasteiger partial charge on any atom is 0.261 e. The molecule has 0 saturated heterocycles. The summed E-state index contributed by atoms with van der Waals surface area (Å²) in [5, 5.41) is 3.33. The summed E-state index contributed by atoms with van der Waals surface area (Å²) in [6, 6.07) is 9.31. The van der Waals surface area contributed by atoms with Crippen LogP contribution in [0.15, 0.2) is 36.5 Å². The van der Waals surface area contributed by atoms with Gasteiger partial charge >= 0.3 is 0 Å². The maximum absolute atomic E-state index is 12.2. The molecule has 5 nitrogen and oxygen atoms in total. The van der Waals surface area contributed by atoms with Crippen molar-refractivity contribution in [1.82, 2.24) is 10.3 Å². The molecule has 0 bridgehead atoms. The minimum absolute atomic E-state index is 0.204. The van der Waals surface area contributed by atoms with Gasteiger partial charge in [0.05, 0.1) is 5.02 Å². The van der Waals surface area contributed by atoms with Crippen LogP contribution in [-0.2, 0) is 11.3 Å². The molecule has 0 aliphatic rings. The first-order valence-electron chi connectivity index (χ1n) is 7.69. The van der Waals surface area contributed by atoms with Gasteiger partial charge in [-0.25, -0.2) is 4.98 Å². The quantitative estimate of drug-likeness (QED) is 0.872. The molecule has 1 aromatic carbocycles. The van der Waals surface area contributed by atoms with Crippen LogP contribution in [0.3, 0.4) is 0 Å². The molecule has 0 spiro atoms. The molecule has 1 N–H and O–H groups in total. The lowest BCUT2D eigenvalue weighted by Gasteiger charge is -2.16. The van der Waals surface area contributed by atoms with Crippen molar-refractivity contribution in [1.29, 1.82) is 0 Å². The number of benzene rings is 1. The number of nitrogens with zero attached hydrogens (tertiary/aromatic N) is 2. The van der Waals surface area contributed by atoms with Crippen molar-refractivity contribution in [2.45, 2.75) is 26.5 Å². The summed E-state index contributed by atoms with van der Waals surface area (Å²) < 4.78 is 5.66. The number of carbonyl (C=O) groups is 1. The molecule has 1 heterocycles. The maximum atomic E-state index is 12.2. The van der Waals surface area contributed by atoms with E-state index in [-0.39, 0.29) is 5.91 Å². The number of carbonyl (C=O) groups excluding carboxylic acids is 1. The van der Waals surface area contributed by atoms with Crippen LogP contribution in [0.5, 0.6) is 5.75 Å². The molecule has 0 unspecified atom stereocenters. The molecular weight excluding hydrogens is 326 g/mol. The Labute approximate surface area is 147 Å². The second-order valence-electron chi connectivity index (χ2n) is 5.83. The third-order valence-corrected chi connectivity index (χ3v) is 3.81. The predicted octanol–water partition coefficient (Wildman–Crippen LogP) is 3.19. The first-order valence-corrected chi connectivity index (χ1v) is 8.07. The number of rotatable bonds is 6. The zero-order valence-electron chi connectivity index (χ0n) is 14.3. The van der Waals surface area contributed by atoms with Crippen molar-refractivity contribution in [3.8, 4) is 5.75 Å². The minimum Gasteiger partial charge on any atom is -0.479 e. The highest BCUT2D eigenvalue weighted by atomic mass is 35.5. The molecule has 2 rings (SSSR count). The summed E-state index contributed by atoms with van der Waals surface area (Å²) in [4.78, 5) is 18.4. The third-order valence-electron chi connectivity index (χ3n) is 3.49. The average molecular weight is 348 g/mol. The van der Waals surface area contributed by atoms with Crippen molar-refractivity contribution >= 4 is 23.3 Å². The van der Waals surface area contributed by atoms with Crippen molar-refractivity contribution in [2.75, 3.05) is 19.0 Å². The molecule has 0 saturated carbocycles. The van der Waals surface area contributed by atoms with Crippen molar-refractivity contribution in [3.05, 3.63) is 52.7 Å². The van der Waals surface area contributed by atoms with E-state index in [4.69, 9.17) is 16.3 Å². The van der Waals surface area contributed by atoms with E-state index in [1.165, 1.54) is 0 Å². The molecule has 1 aromatic heterocycles. The number of anilines is 1. The van der Waals surface area contributed by atoms with Crippen LogP contribution in [0.25, 0.3) is 0 Å². The molecule has 2 aromatic rings. The van der Waals surface area contributed by atoms with Crippen LogP contribution in [-0.4, -0.2) is 31.1 Å². The number of halogens is 1. The van der Waals surface area contributed by atoms with Gasteiger partial charge in [0.2, 0.25) is 0 Å². The largest absolute Gasteiger partial charge is 0.479 e.